The molecule has 6 nitrogen and oxygen atoms in total. The molecule has 0 unspecified atom stereocenters. The average Bonchev–Trinajstić information content (AvgIpc) is 3.34. The molecule has 0 saturated heterocycles. The molecule has 9 heteroatoms. The molecule has 3 N–H and O–H groups in total. The van der Waals surface area contributed by atoms with Crippen molar-refractivity contribution in [1.82, 2.24) is 15.0 Å². The summed E-state index contributed by atoms with van der Waals surface area (Å²) in [5.74, 6) is -0.289. The Morgan fingerprint density at radius 3 is 2.29 bits per heavy atom. The SMILES string of the molecule is C[C@](N)(CO)c1cn(-c2ccc(OCc3ccc(-c4ccccc4)cc3)c(C(F)(F)F)c2)nn1. The molecule has 1 heterocycles. The van der Waals surface area contributed by atoms with Crippen molar-refractivity contribution in [2.24, 2.45) is 5.73 Å². The molecule has 3 aromatic carbocycles. The fourth-order valence-electron chi connectivity index (χ4n) is 3.33. The number of alkyl halides is 3. The van der Waals surface area contributed by atoms with Crippen molar-refractivity contribution < 1.29 is 23.0 Å². The maximum Gasteiger partial charge on any atom is 0.420 e. The minimum atomic E-state index is -4.64. The number of halogens is 3. The quantitative estimate of drug-likeness (QED) is 0.411. The van der Waals surface area contributed by atoms with Gasteiger partial charge in [-0.2, -0.15) is 13.2 Å². The number of nitrogens with zero attached hydrogens (tertiary/aromatic N) is 3. The summed E-state index contributed by atoms with van der Waals surface area (Å²) in [6, 6.07) is 20.9. The molecular formula is C25H23F3N4O2. The van der Waals surface area contributed by atoms with Crippen LogP contribution in [-0.4, -0.2) is 26.7 Å². The first-order valence-electron chi connectivity index (χ1n) is 10.5. The minimum Gasteiger partial charge on any atom is -0.488 e. The fourth-order valence-corrected chi connectivity index (χ4v) is 3.33. The van der Waals surface area contributed by atoms with Gasteiger partial charge in [-0.1, -0.05) is 59.8 Å². The Kier molecular flexibility index (Phi) is 6.41. The number of nitrogens with two attached hydrogens (primary N) is 1. The standard InChI is InChI=1S/C25H23F3N4O2/c1-24(29,16-33)23-14-32(31-30-23)20-11-12-22(21(13-20)25(26,27)28)34-15-17-7-9-19(10-8-17)18-5-3-2-4-6-18/h2-14,33H,15-16,29H2,1H3/t24-/m0/s1. The summed E-state index contributed by atoms with van der Waals surface area (Å²) >= 11 is 0. The van der Waals surface area contributed by atoms with Crippen LogP contribution in [0.3, 0.4) is 0 Å². The predicted octanol–water partition coefficient (Wildman–Crippen LogP) is 4.70. The van der Waals surface area contributed by atoms with Crippen LogP contribution >= 0.6 is 0 Å². The van der Waals surface area contributed by atoms with E-state index < -0.39 is 23.9 Å². The smallest absolute Gasteiger partial charge is 0.420 e. The largest absolute Gasteiger partial charge is 0.488 e. The lowest BCUT2D eigenvalue weighted by Crippen LogP contribution is -2.37. The van der Waals surface area contributed by atoms with Gasteiger partial charge in [0.15, 0.2) is 0 Å². The summed E-state index contributed by atoms with van der Waals surface area (Å²) in [6.07, 6.45) is -3.25. The number of hydrogen-bond donors (Lipinski definition) is 2. The van der Waals surface area contributed by atoms with Crippen LogP contribution in [0.25, 0.3) is 16.8 Å². The van der Waals surface area contributed by atoms with Crippen LogP contribution < -0.4 is 10.5 Å². The lowest BCUT2D eigenvalue weighted by Gasteiger charge is -2.17. The molecule has 0 aliphatic rings. The lowest BCUT2D eigenvalue weighted by molar-refractivity contribution is -0.139. The van der Waals surface area contributed by atoms with Crippen LogP contribution in [0.1, 0.15) is 23.7 Å². The first-order valence-corrected chi connectivity index (χ1v) is 10.5. The Morgan fingerprint density at radius 2 is 1.65 bits per heavy atom. The predicted molar refractivity (Wildman–Crippen MR) is 121 cm³/mol. The van der Waals surface area contributed by atoms with E-state index in [0.717, 1.165) is 22.8 Å². The van der Waals surface area contributed by atoms with Gasteiger partial charge in [0.05, 0.1) is 29.6 Å². The summed E-state index contributed by atoms with van der Waals surface area (Å²) in [7, 11) is 0. The maximum atomic E-state index is 13.8. The molecule has 0 bridgehead atoms. The third-order valence-corrected chi connectivity index (χ3v) is 5.40. The average molecular weight is 468 g/mol. The first kappa shape index (κ1) is 23.5. The van der Waals surface area contributed by atoms with E-state index in [0.29, 0.717) is 0 Å². The van der Waals surface area contributed by atoms with Crippen LogP contribution in [-0.2, 0) is 18.3 Å². The molecule has 0 aliphatic heterocycles. The summed E-state index contributed by atoms with van der Waals surface area (Å²) < 4.78 is 48.1. The van der Waals surface area contributed by atoms with Crippen molar-refractivity contribution in [3.8, 4) is 22.6 Å². The summed E-state index contributed by atoms with van der Waals surface area (Å²) in [4.78, 5) is 0. The topological polar surface area (TPSA) is 86.2 Å². The van der Waals surface area contributed by atoms with Gasteiger partial charge in [-0.05, 0) is 41.8 Å². The van der Waals surface area contributed by atoms with Gasteiger partial charge in [0.2, 0.25) is 0 Å². The highest BCUT2D eigenvalue weighted by molar-refractivity contribution is 5.63. The molecule has 4 aromatic rings. The number of benzene rings is 3. The third-order valence-electron chi connectivity index (χ3n) is 5.40. The van der Waals surface area contributed by atoms with Gasteiger partial charge in [0, 0.05) is 0 Å². The highest BCUT2D eigenvalue weighted by atomic mass is 19.4. The number of hydrogen-bond acceptors (Lipinski definition) is 5. The molecule has 0 radical (unpaired) electrons. The number of aliphatic hydroxyl groups is 1. The number of aromatic nitrogens is 3. The van der Waals surface area contributed by atoms with Crippen LogP contribution in [0.2, 0.25) is 0 Å². The van der Waals surface area contributed by atoms with E-state index in [-0.39, 0.29) is 23.7 Å². The number of ether oxygens (including phenoxy) is 1. The van der Waals surface area contributed by atoms with Gasteiger partial charge in [-0.3, -0.25) is 0 Å². The fraction of sp³-hybridized carbons (Fsp3) is 0.200. The zero-order valence-corrected chi connectivity index (χ0v) is 18.3. The second-order valence-electron chi connectivity index (χ2n) is 8.15. The number of aliphatic hydroxyl groups excluding tert-OH is 1. The van der Waals surface area contributed by atoms with E-state index in [1.54, 1.807) is 6.92 Å². The van der Waals surface area contributed by atoms with E-state index in [9.17, 15) is 18.3 Å². The first-order chi connectivity index (χ1) is 16.2. The highest BCUT2D eigenvalue weighted by Gasteiger charge is 2.35. The molecule has 1 atom stereocenters. The van der Waals surface area contributed by atoms with Crippen molar-refractivity contribution in [1.29, 1.82) is 0 Å². The molecule has 34 heavy (non-hydrogen) atoms. The minimum absolute atomic E-state index is 0.0208. The normalized spacial score (nSPS) is 13.5. The Labute approximate surface area is 194 Å². The molecule has 4 rings (SSSR count). The van der Waals surface area contributed by atoms with Gasteiger partial charge in [-0.25, -0.2) is 4.68 Å². The van der Waals surface area contributed by atoms with Crippen molar-refractivity contribution >= 4 is 0 Å². The molecule has 0 fully saturated rings. The summed E-state index contributed by atoms with van der Waals surface area (Å²) in [5, 5.41) is 17.1. The van der Waals surface area contributed by atoms with E-state index in [1.807, 2.05) is 54.6 Å². The third kappa shape index (κ3) is 5.11. The van der Waals surface area contributed by atoms with E-state index in [1.165, 1.54) is 23.0 Å². The Balaban J connectivity index is 1.54. The van der Waals surface area contributed by atoms with Crippen molar-refractivity contribution in [2.75, 3.05) is 6.61 Å². The molecule has 1 aromatic heterocycles. The molecule has 0 amide bonds. The zero-order valence-electron chi connectivity index (χ0n) is 18.3. The lowest BCUT2D eigenvalue weighted by atomic mass is 10.0. The second kappa shape index (κ2) is 9.28. The zero-order chi connectivity index (χ0) is 24.3. The van der Waals surface area contributed by atoms with Crippen LogP contribution in [0, 0.1) is 0 Å². The van der Waals surface area contributed by atoms with E-state index >= 15 is 0 Å². The molecular weight excluding hydrogens is 445 g/mol. The van der Waals surface area contributed by atoms with Gasteiger partial charge in [0.25, 0.3) is 0 Å². The van der Waals surface area contributed by atoms with Crippen LogP contribution in [0.4, 0.5) is 13.2 Å². The molecule has 0 spiro atoms. The van der Waals surface area contributed by atoms with Crippen molar-refractivity contribution in [3.63, 3.8) is 0 Å². The second-order valence-corrected chi connectivity index (χ2v) is 8.15. The Bertz CT molecular complexity index is 1250. The van der Waals surface area contributed by atoms with Crippen molar-refractivity contribution in [3.05, 3.63) is 95.8 Å². The molecule has 0 aliphatic carbocycles. The van der Waals surface area contributed by atoms with E-state index in [4.69, 9.17) is 10.5 Å². The molecule has 0 saturated carbocycles. The summed E-state index contributed by atoms with van der Waals surface area (Å²) in [6.45, 7) is 1.14. The maximum absolute atomic E-state index is 13.8. The molecule has 176 valence electrons. The van der Waals surface area contributed by atoms with Crippen LogP contribution in [0.15, 0.2) is 79.0 Å². The highest BCUT2D eigenvalue weighted by Crippen LogP contribution is 2.38. The van der Waals surface area contributed by atoms with Crippen LogP contribution in [0.5, 0.6) is 5.75 Å². The van der Waals surface area contributed by atoms with Gasteiger partial charge < -0.3 is 15.6 Å². The Hall–Kier alpha value is -3.69. The van der Waals surface area contributed by atoms with Gasteiger partial charge in [0.1, 0.15) is 18.1 Å². The Morgan fingerprint density at radius 1 is 0.971 bits per heavy atom. The van der Waals surface area contributed by atoms with E-state index in [2.05, 4.69) is 10.3 Å². The van der Waals surface area contributed by atoms with Gasteiger partial charge >= 0.3 is 6.18 Å². The number of rotatable bonds is 7. The monoisotopic (exact) mass is 468 g/mol. The summed E-state index contributed by atoms with van der Waals surface area (Å²) in [5.41, 5.74) is 7.02. The van der Waals surface area contributed by atoms with Crippen molar-refractivity contribution in [2.45, 2.75) is 25.2 Å². The van der Waals surface area contributed by atoms with Gasteiger partial charge in [-0.15, -0.1) is 5.10 Å².